The van der Waals surface area contributed by atoms with Crippen LogP contribution in [0.4, 0.5) is 0 Å². The maximum Gasteiger partial charge on any atom is 0.330 e. The predicted molar refractivity (Wildman–Crippen MR) is 185 cm³/mol. The second-order valence-corrected chi connectivity index (χ2v) is 15.5. The van der Waals surface area contributed by atoms with Crippen LogP contribution in [0.25, 0.3) is 0 Å². The number of carbonyl (C=O) groups is 2. The number of nitrogens with one attached hydrogen (secondary N) is 3. The van der Waals surface area contributed by atoms with Crippen molar-refractivity contribution in [1.29, 1.82) is 0 Å². The van der Waals surface area contributed by atoms with E-state index in [4.69, 9.17) is 39.8 Å². The van der Waals surface area contributed by atoms with Gasteiger partial charge in [-0.15, -0.1) is 0 Å². The first-order valence-corrected chi connectivity index (χ1v) is 19.7. The summed E-state index contributed by atoms with van der Waals surface area (Å²) < 4.78 is 34.8. The molecule has 1 aromatic heterocycles. The van der Waals surface area contributed by atoms with Crippen LogP contribution < -0.4 is 21.9 Å². The highest BCUT2D eigenvalue weighted by Gasteiger charge is 2.48. The molecule has 10 atom stereocenters. The van der Waals surface area contributed by atoms with E-state index in [0.29, 0.717) is 25.8 Å². The summed E-state index contributed by atoms with van der Waals surface area (Å²) in [5.74, 6) is -0.944. The highest BCUT2D eigenvalue weighted by Crippen LogP contribution is 2.50. The summed E-state index contributed by atoms with van der Waals surface area (Å²) in [6.07, 6.45) is 0.289. The van der Waals surface area contributed by atoms with Gasteiger partial charge in [-0.05, 0) is 37.5 Å². The van der Waals surface area contributed by atoms with E-state index in [1.807, 2.05) is 0 Å². The zero-order chi connectivity index (χ0) is 37.6. The second kappa shape index (κ2) is 21.5. The monoisotopic (exact) mass is 768 g/mol. The molecule has 0 aromatic carbocycles. The minimum atomic E-state index is -3.58. The number of aromatic amines is 1. The molecule has 0 bridgehead atoms. The molecule has 0 saturated carbocycles. The lowest BCUT2D eigenvalue weighted by Gasteiger charge is -2.42. The van der Waals surface area contributed by atoms with E-state index in [-0.39, 0.29) is 25.5 Å². The Morgan fingerprint density at radius 2 is 1.76 bits per heavy atom. The number of hydrogen-bond acceptors (Lipinski definition) is 14. The standard InChI is InChI=1S/C31H53N4O14PS/c1-19(37)33-25-27(41)26(40)21(17-36)48-30(25)46-16-10-8-12-23(38)32-14-9-6-4-5-7-11-20-28(49-50(43,51)45-3)22(18-44-2)47-29(20)35-15-13-24(39)34-31(35)42/h13,15,20-22,25-30,36,40-41H,4-12,14,16-18H2,1-3H3,(H,32,38)(H,33,37)(H,43,51)(H,34,39,42)/t20?,21-,22-,25-,26+,27-,28-,29-,30-,50?/m1/s1. The average Bonchev–Trinajstić information content (AvgIpc) is 3.40. The number of aliphatic hydroxyl groups is 3. The van der Waals surface area contributed by atoms with Gasteiger partial charge in [-0.1, -0.05) is 25.7 Å². The Labute approximate surface area is 301 Å². The number of carbonyl (C=O) groups excluding carboxylic acids is 2. The van der Waals surface area contributed by atoms with Crippen LogP contribution in [0, 0.1) is 5.92 Å². The van der Waals surface area contributed by atoms with E-state index in [1.54, 1.807) is 0 Å². The molecule has 2 fully saturated rings. The van der Waals surface area contributed by atoms with Crippen molar-refractivity contribution in [3.05, 3.63) is 33.1 Å². The van der Waals surface area contributed by atoms with Crippen LogP contribution in [-0.4, -0.2) is 125 Å². The fraction of sp³-hybridized carbons (Fsp3) is 0.806. The molecule has 2 saturated heterocycles. The average molecular weight is 769 g/mol. The number of H-pyrrole nitrogens is 1. The van der Waals surface area contributed by atoms with Crippen LogP contribution in [0.15, 0.2) is 21.9 Å². The van der Waals surface area contributed by atoms with Gasteiger partial charge in [0, 0.05) is 58.9 Å². The Bertz CT molecular complexity index is 1400. The first kappa shape index (κ1) is 43.3. The van der Waals surface area contributed by atoms with Gasteiger partial charge >= 0.3 is 12.4 Å². The van der Waals surface area contributed by atoms with Crippen LogP contribution in [-0.2, 0) is 49.4 Å². The van der Waals surface area contributed by atoms with E-state index < -0.39 is 85.5 Å². The van der Waals surface area contributed by atoms with Crippen LogP contribution in [0.3, 0.4) is 0 Å². The molecule has 18 nitrogen and oxygen atoms in total. The Morgan fingerprint density at radius 3 is 2.43 bits per heavy atom. The Morgan fingerprint density at radius 1 is 1.04 bits per heavy atom. The van der Waals surface area contributed by atoms with E-state index in [1.165, 1.54) is 38.0 Å². The SMILES string of the molecule is COC[C@H]1O[C@@H](n2ccc(=O)[nH]c2=O)C(CCCCCCCNC(=O)CCCCO[C@@H]2O[C@H](CO)[C@H](O)[C@H](O)[C@H]2NC(C)=O)[C@H]1OP(O)(=S)OC. The first-order valence-electron chi connectivity index (χ1n) is 17.1. The number of aromatic nitrogens is 2. The summed E-state index contributed by atoms with van der Waals surface area (Å²) in [6.45, 7) is -2.05. The van der Waals surface area contributed by atoms with Crippen molar-refractivity contribution >= 4 is 30.3 Å². The van der Waals surface area contributed by atoms with Gasteiger partial charge in [0.1, 0.15) is 42.8 Å². The molecule has 0 radical (unpaired) electrons. The van der Waals surface area contributed by atoms with Crippen molar-refractivity contribution in [3.8, 4) is 0 Å². The number of nitrogens with zero attached hydrogens (tertiary/aromatic N) is 1. The molecule has 0 spiro atoms. The Kier molecular flexibility index (Phi) is 18.3. The molecular formula is C31H53N4O14PS. The summed E-state index contributed by atoms with van der Waals surface area (Å²) in [5, 5.41) is 35.3. The summed E-state index contributed by atoms with van der Waals surface area (Å²) in [4.78, 5) is 60.8. The van der Waals surface area contributed by atoms with Crippen molar-refractivity contribution in [2.24, 2.45) is 5.92 Å². The zero-order valence-electron chi connectivity index (χ0n) is 29.2. The fourth-order valence-electron chi connectivity index (χ4n) is 6.19. The van der Waals surface area contributed by atoms with Crippen LogP contribution >= 0.6 is 6.72 Å². The first-order chi connectivity index (χ1) is 24.3. The van der Waals surface area contributed by atoms with Gasteiger partial charge in [-0.3, -0.25) is 23.9 Å². The molecule has 2 aliphatic heterocycles. The highest BCUT2D eigenvalue weighted by molar-refractivity contribution is 8.07. The van der Waals surface area contributed by atoms with E-state index in [2.05, 4.69) is 15.6 Å². The lowest BCUT2D eigenvalue weighted by Crippen LogP contribution is -2.64. The van der Waals surface area contributed by atoms with Crippen LogP contribution in [0.1, 0.15) is 70.9 Å². The van der Waals surface area contributed by atoms with E-state index in [0.717, 1.165) is 32.1 Å². The summed E-state index contributed by atoms with van der Waals surface area (Å²) in [6, 6.07) is 0.216. The van der Waals surface area contributed by atoms with E-state index in [9.17, 15) is 39.4 Å². The molecule has 2 unspecified atom stereocenters. The number of aliphatic hydroxyl groups excluding tert-OH is 3. The lowest BCUT2D eigenvalue weighted by molar-refractivity contribution is -0.270. The zero-order valence-corrected chi connectivity index (χ0v) is 30.9. The van der Waals surface area contributed by atoms with Gasteiger partial charge in [0.25, 0.3) is 5.56 Å². The van der Waals surface area contributed by atoms with Gasteiger partial charge in [-0.25, -0.2) is 4.79 Å². The molecule has 1 aromatic rings. The number of hydrogen-bond donors (Lipinski definition) is 7. The summed E-state index contributed by atoms with van der Waals surface area (Å²) in [7, 11) is 2.75. The molecule has 2 amide bonds. The molecule has 3 heterocycles. The molecule has 51 heavy (non-hydrogen) atoms. The van der Waals surface area contributed by atoms with Gasteiger partial charge < -0.3 is 58.8 Å². The summed E-state index contributed by atoms with van der Waals surface area (Å²) >= 11 is 5.11. The fourth-order valence-corrected chi connectivity index (χ4v) is 7.18. The van der Waals surface area contributed by atoms with Gasteiger partial charge in [-0.2, -0.15) is 0 Å². The molecule has 292 valence electrons. The van der Waals surface area contributed by atoms with Gasteiger partial charge in [0.15, 0.2) is 6.29 Å². The van der Waals surface area contributed by atoms with Gasteiger partial charge in [0.2, 0.25) is 11.8 Å². The topological polar surface area (TPSA) is 249 Å². The van der Waals surface area contributed by atoms with Gasteiger partial charge in [0.05, 0.1) is 13.2 Å². The van der Waals surface area contributed by atoms with Crippen molar-refractivity contribution in [2.75, 3.05) is 40.6 Å². The van der Waals surface area contributed by atoms with Crippen molar-refractivity contribution in [2.45, 2.75) is 114 Å². The Hall–Kier alpha value is -2.13. The number of amides is 2. The third-order valence-corrected chi connectivity index (χ3v) is 10.5. The summed E-state index contributed by atoms with van der Waals surface area (Å²) in [5.41, 5.74) is -1.17. The number of rotatable bonds is 22. The number of ether oxygens (including phenoxy) is 4. The molecule has 20 heteroatoms. The predicted octanol–water partition coefficient (Wildman–Crippen LogP) is -0.468. The molecular weight excluding hydrogens is 715 g/mol. The maximum absolute atomic E-state index is 12.6. The number of methoxy groups -OCH3 is 1. The van der Waals surface area contributed by atoms with Crippen molar-refractivity contribution in [1.82, 2.24) is 20.2 Å². The normalized spacial score (nSPS) is 29.0. The highest BCUT2D eigenvalue weighted by atomic mass is 32.5. The van der Waals surface area contributed by atoms with Crippen LogP contribution in [0.5, 0.6) is 0 Å². The third kappa shape index (κ3) is 13.3. The van der Waals surface area contributed by atoms with E-state index >= 15 is 0 Å². The molecule has 7 N–H and O–H groups in total. The van der Waals surface area contributed by atoms with Crippen LogP contribution in [0.2, 0.25) is 0 Å². The molecule has 0 aliphatic carbocycles. The minimum absolute atomic E-state index is 0.0963. The Balaban J connectivity index is 1.37. The minimum Gasteiger partial charge on any atom is -0.394 e. The van der Waals surface area contributed by atoms with Crippen molar-refractivity contribution < 1.29 is 57.8 Å². The second-order valence-electron chi connectivity index (χ2n) is 12.6. The molecule has 2 aliphatic rings. The maximum atomic E-state index is 12.6. The third-order valence-electron chi connectivity index (χ3n) is 8.78. The lowest BCUT2D eigenvalue weighted by atomic mass is 9.93. The largest absolute Gasteiger partial charge is 0.394 e. The number of unbranched alkanes of at least 4 members (excludes halogenated alkanes) is 5. The quantitative estimate of drug-likeness (QED) is 0.0582. The smallest absolute Gasteiger partial charge is 0.330 e. The van der Waals surface area contributed by atoms with Crippen molar-refractivity contribution in [3.63, 3.8) is 0 Å². The molecule has 3 rings (SSSR count).